The Morgan fingerprint density at radius 3 is 1.91 bits per heavy atom. The molecule has 2 rings (SSSR count). The minimum atomic E-state index is -1.16. The number of halogens is 2. The summed E-state index contributed by atoms with van der Waals surface area (Å²) in [6.07, 6.45) is -1.16. The highest BCUT2D eigenvalue weighted by molar-refractivity contribution is 6.30. The zero-order valence-corrected chi connectivity index (χ0v) is 13.1. The minimum absolute atomic E-state index is 0.285. The highest BCUT2D eigenvalue weighted by Crippen LogP contribution is 2.23. The molecule has 2 aromatic rings. The van der Waals surface area contributed by atoms with Crippen LogP contribution < -0.4 is 0 Å². The van der Waals surface area contributed by atoms with E-state index in [1.54, 1.807) is 36.4 Å². The lowest BCUT2D eigenvalue weighted by Gasteiger charge is -2.16. The van der Waals surface area contributed by atoms with Crippen molar-refractivity contribution < 1.29 is 19.1 Å². The Morgan fingerprint density at radius 1 is 0.909 bits per heavy atom. The maximum atomic E-state index is 12.1. The van der Waals surface area contributed by atoms with Crippen LogP contribution in [-0.2, 0) is 14.3 Å². The van der Waals surface area contributed by atoms with E-state index in [0.29, 0.717) is 15.6 Å². The Labute approximate surface area is 137 Å². The molecule has 0 radical (unpaired) electrons. The molecular formula is C16H12Cl2O4. The normalized spacial score (nSPS) is 11.6. The molecule has 114 valence electrons. The van der Waals surface area contributed by atoms with Crippen LogP contribution in [0.15, 0.2) is 48.5 Å². The first-order chi connectivity index (χ1) is 10.5. The molecule has 4 nitrogen and oxygen atoms in total. The number of benzene rings is 2. The van der Waals surface area contributed by atoms with Crippen molar-refractivity contribution >= 4 is 35.1 Å². The van der Waals surface area contributed by atoms with Crippen molar-refractivity contribution in [2.75, 3.05) is 7.11 Å². The summed E-state index contributed by atoms with van der Waals surface area (Å²) in [5, 5.41) is 1.01. The van der Waals surface area contributed by atoms with Crippen molar-refractivity contribution in [3.63, 3.8) is 0 Å². The molecule has 0 saturated heterocycles. The summed E-state index contributed by atoms with van der Waals surface area (Å²) in [5.41, 5.74) is 0.755. The van der Waals surface area contributed by atoms with Gasteiger partial charge in [-0.2, -0.15) is 0 Å². The van der Waals surface area contributed by atoms with Crippen LogP contribution in [-0.4, -0.2) is 19.0 Å². The van der Waals surface area contributed by atoms with Crippen molar-refractivity contribution in [1.82, 2.24) is 0 Å². The molecule has 22 heavy (non-hydrogen) atoms. The standard InChI is InChI=1S/C16H12Cl2O4/c1-21-16(20)14(10-2-6-12(17)7-3-10)22-15(19)11-4-8-13(18)9-5-11/h2-9,14H,1H3. The van der Waals surface area contributed by atoms with E-state index < -0.39 is 18.0 Å². The van der Waals surface area contributed by atoms with E-state index in [1.807, 2.05) is 0 Å². The van der Waals surface area contributed by atoms with Gasteiger partial charge >= 0.3 is 11.9 Å². The monoisotopic (exact) mass is 338 g/mol. The van der Waals surface area contributed by atoms with Crippen LogP contribution in [0.5, 0.6) is 0 Å². The second-order valence-corrected chi connectivity index (χ2v) is 5.24. The fraction of sp³-hybridized carbons (Fsp3) is 0.125. The zero-order valence-electron chi connectivity index (χ0n) is 11.6. The fourth-order valence-corrected chi connectivity index (χ4v) is 2.01. The lowest BCUT2D eigenvalue weighted by atomic mass is 10.1. The lowest BCUT2D eigenvalue weighted by Crippen LogP contribution is -2.21. The second kappa shape index (κ2) is 7.29. The van der Waals surface area contributed by atoms with Crippen molar-refractivity contribution in [3.05, 3.63) is 69.7 Å². The van der Waals surface area contributed by atoms with Crippen LogP contribution in [0.3, 0.4) is 0 Å². The van der Waals surface area contributed by atoms with Gasteiger partial charge in [-0.25, -0.2) is 9.59 Å². The predicted molar refractivity (Wildman–Crippen MR) is 83.1 cm³/mol. The second-order valence-electron chi connectivity index (χ2n) is 4.37. The summed E-state index contributed by atoms with van der Waals surface area (Å²) in [6, 6.07) is 12.5. The number of hydrogen-bond acceptors (Lipinski definition) is 4. The van der Waals surface area contributed by atoms with E-state index in [4.69, 9.17) is 27.9 Å². The summed E-state index contributed by atoms with van der Waals surface area (Å²) in [4.78, 5) is 24.0. The molecule has 0 heterocycles. The smallest absolute Gasteiger partial charge is 0.351 e. The molecule has 0 saturated carbocycles. The Hall–Kier alpha value is -2.04. The van der Waals surface area contributed by atoms with Gasteiger partial charge in [-0.15, -0.1) is 0 Å². The molecule has 1 atom stereocenters. The number of rotatable bonds is 4. The van der Waals surface area contributed by atoms with Crippen LogP contribution in [0.2, 0.25) is 10.0 Å². The SMILES string of the molecule is COC(=O)C(OC(=O)c1ccc(Cl)cc1)c1ccc(Cl)cc1. The van der Waals surface area contributed by atoms with Gasteiger partial charge in [0.05, 0.1) is 12.7 Å². The molecule has 2 aromatic carbocycles. The fourth-order valence-electron chi connectivity index (χ4n) is 1.76. The molecule has 0 amide bonds. The number of esters is 2. The molecule has 1 unspecified atom stereocenters. The van der Waals surface area contributed by atoms with Crippen molar-refractivity contribution in [2.24, 2.45) is 0 Å². The zero-order chi connectivity index (χ0) is 16.1. The summed E-state index contributed by atoms with van der Waals surface area (Å²) < 4.78 is 9.94. The number of hydrogen-bond donors (Lipinski definition) is 0. The number of methoxy groups -OCH3 is 1. The predicted octanol–water partition coefficient (Wildman–Crippen LogP) is 4.06. The van der Waals surface area contributed by atoms with Crippen LogP contribution in [0.4, 0.5) is 0 Å². The summed E-state index contributed by atoms with van der Waals surface area (Å²) in [5.74, 6) is -1.33. The third kappa shape index (κ3) is 4.00. The van der Waals surface area contributed by atoms with Gasteiger partial charge in [0.25, 0.3) is 0 Å². The van der Waals surface area contributed by atoms with E-state index in [-0.39, 0.29) is 5.56 Å². The molecule has 6 heteroatoms. The maximum Gasteiger partial charge on any atom is 0.351 e. The highest BCUT2D eigenvalue weighted by atomic mass is 35.5. The first kappa shape index (κ1) is 16.3. The first-order valence-electron chi connectivity index (χ1n) is 6.31. The van der Waals surface area contributed by atoms with E-state index >= 15 is 0 Å². The first-order valence-corrected chi connectivity index (χ1v) is 7.06. The number of carbonyl (C=O) groups excluding carboxylic acids is 2. The molecule has 0 N–H and O–H groups in total. The molecular weight excluding hydrogens is 327 g/mol. The highest BCUT2D eigenvalue weighted by Gasteiger charge is 2.26. The third-order valence-electron chi connectivity index (χ3n) is 2.89. The quantitative estimate of drug-likeness (QED) is 0.788. The van der Waals surface area contributed by atoms with Gasteiger partial charge in [0.1, 0.15) is 0 Å². The van der Waals surface area contributed by atoms with Gasteiger partial charge in [0, 0.05) is 15.6 Å². The van der Waals surface area contributed by atoms with Gasteiger partial charge in [0.15, 0.2) is 0 Å². The molecule has 0 aliphatic rings. The number of carbonyl (C=O) groups is 2. The van der Waals surface area contributed by atoms with Crippen LogP contribution in [0, 0.1) is 0 Å². The summed E-state index contributed by atoms with van der Waals surface area (Å²) >= 11 is 11.6. The van der Waals surface area contributed by atoms with Gasteiger partial charge < -0.3 is 9.47 Å². The molecule has 0 fully saturated rings. The van der Waals surface area contributed by atoms with Gasteiger partial charge in [-0.05, 0) is 36.4 Å². The van der Waals surface area contributed by atoms with Crippen LogP contribution in [0.25, 0.3) is 0 Å². The van der Waals surface area contributed by atoms with Crippen LogP contribution in [0.1, 0.15) is 22.0 Å². The Kier molecular flexibility index (Phi) is 5.41. The third-order valence-corrected chi connectivity index (χ3v) is 3.40. The van der Waals surface area contributed by atoms with Crippen molar-refractivity contribution in [3.8, 4) is 0 Å². The average molecular weight is 339 g/mol. The van der Waals surface area contributed by atoms with E-state index in [1.165, 1.54) is 19.2 Å². The average Bonchev–Trinajstić information content (AvgIpc) is 2.53. The van der Waals surface area contributed by atoms with E-state index in [2.05, 4.69) is 4.74 Å². The van der Waals surface area contributed by atoms with Gasteiger partial charge in [0.2, 0.25) is 6.10 Å². The Balaban J connectivity index is 2.23. The Morgan fingerprint density at radius 2 is 1.41 bits per heavy atom. The molecule has 0 aromatic heterocycles. The topological polar surface area (TPSA) is 52.6 Å². The molecule has 0 spiro atoms. The Bertz CT molecular complexity index is 666. The molecule has 0 aliphatic heterocycles. The van der Waals surface area contributed by atoms with Gasteiger partial charge in [-0.1, -0.05) is 35.3 Å². The maximum absolute atomic E-state index is 12.1. The van der Waals surface area contributed by atoms with Crippen molar-refractivity contribution in [1.29, 1.82) is 0 Å². The summed E-state index contributed by atoms with van der Waals surface area (Å²) in [7, 11) is 1.22. The van der Waals surface area contributed by atoms with Gasteiger partial charge in [-0.3, -0.25) is 0 Å². The van der Waals surface area contributed by atoms with Crippen LogP contribution >= 0.6 is 23.2 Å². The van der Waals surface area contributed by atoms with E-state index in [9.17, 15) is 9.59 Å². The summed E-state index contributed by atoms with van der Waals surface area (Å²) in [6.45, 7) is 0. The number of ether oxygens (including phenoxy) is 2. The van der Waals surface area contributed by atoms with Crippen molar-refractivity contribution in [2.45, 2.75) is 6.10 Å². The lowest BCUT2D eigenvalue weighted by molar-refractivity contribution is -0.151. The molecule has 0 bridgehead atoms. The largest absolute Gasteiger partial charge is 0.466 e. The minimum Gasteiger partial charge on any atom is -0.466 e. The van der Waals surface area contributed by atoms with E-state index in [0.717, 1.165) is 0 Å². The molecule has 0 aliphatic carbocycles.